The van der Waals surface area contributed by atoms with Gasteiger partial charge in [-0.2, -0.15) is 13.2 Å². The van der Waals surface area contributed by atoms with Gasteiger partial charge in [0, 0.05) is 0 Å². The van der Waals surface area contributed by atoms with Gasteiger partial charge >= 0.3 is 19.7 Å². The molecule has 0 fully saturated rings. The first-order valence-electron chi connectivity index (χ1n) is 4.24. The van der Waals surface area contributed by atoms with E-state index in [2.05, 4.69) is 9.05 Å². The lowest BCUT2D eigenvalue weighted by Crippen LogP contribution is -2.19. The Kier molecular flexibility index (Phi) is 5.44. The highest BCUT2D eigenvalue weighted by Gasteiger charge is 2.36. The van der Waals surface area contributed by atoms with E-state index in [-0.39, 0.29) is 0 Å². The van der Waals surface area contributed by atoms with Crippen molar-refractivity contribution in [2.75, 3.05) is 12.8 Å². The standard InChI is InChI=1S/C7H12F3O5P/c1-5(2)15-16(13,3-6(11)12)14-4-7(8,9)10/h5H,3-4H2,1-2H3,(H,11,12). The summed E-state index contributed by atoms with van der Waals surface area (Å²) in [5, 5.41) is 8.38. The Balaban J connectivity index is 4.54. The van der Waals surface area contributed by atoms with Gasteiger partial charge in [-0.15, -0.1) is 0 Å². The average molecular weight is 264 g/mol. The lowest BCUT2D eigenvalue weighted by Gasteiger charge is -2.19. The van der Waals surface area contributed by atoms with E-state index in [4.69, 9.17) is 5.11 Å². The minimum atomic E-state index is -4.69. The fraction of sp³-hybridized carbons (Fsp3) is 0.857. The van der Waals surface area contributed by atoms with Gasteiger partial charge < -0.3 is 9.63 Å². The predicted molar refractivity (Wildman–Crippen MR) is 48.3 cm³/mol. The maximum absolute atomic E-state index is 11.8. The van der Waals surface area contributed by atoms with Crippen molar-refractivity contribution in [3.63, 3.8) is 0 Å². The summed E-state index contributed by atoms with van der Waals surface area (Å²) in [6.07, 6.45) is -6.48. The second-order valence-electron chi connectivity index (χ2n) is 3.21. The van der Waals surface area contributed by atoms with Crippen LogP contribution in [0.2, 0.25) is 0 Å². The van der Waals surface area contributed by atoms with Crippen LogP contribution in [0.5, 0.6) is 0 Å². The highest BCUT2D eigenvalue weighted by atomic mass is 31.2. The molecule has 0 saturated carbocycles. The molecule has 1 atom stereocenters. The molecule has 0 aliphatic heterocycles. The number of carboxylic acids is 1. The number of hydrogen-bond donors (Lipinski definition) is 1. The summed E-state index contributed by atoms with van der Waals surface area (Å²) in [7, 11) is -4.25. The van der Waals surface area contributed by atoms with Crippen LogP contribution in [0.4, 0.5) is 13.2 Å². The van der Waals surface area contributed by atoms with Crippen molar-refractivity contribution < 1.29 is 36.7 Å². The first-order chi connectivity index (χ1) is 7.04. The normalized spacial score (nSPS) is 16.1. The molecule has 0 aromatic heterocycles. The van der Waals surface area contributed by atoms with Gasteiger partial charge in [-0.1, -0.05) is 0 Å². The Bertz CT molecular complexity index is 288. The number of aliphatic carboxylic acids is 1. The van der Waals surface area contributed by atoms with E-state index in [1.165, 1.54) is 13.8 Å². The van der Waals surface area contributed by atoms with Gasteiger partial charge in [0.05, 0.1) is 6.10 Å². The molecule has 0 amide bonds. The van der Waals surface area contributed by atoms with E-state index < -0.39 is 38.6 Å². The van der Waals surface area contributed by atoms with Crippen LogP contribution in [0.1, 0.15) is 13.8 Å². The molecule has 9 heteroatoms. The van der Waals surface area contributed by atoms with Crippen LogP contribution in [0, 0.1) is 0 Å². The van der Waals surface area contributed by atoms with Crippen molar-refractivity contribution in [2.45, 2.75) is 26.1 Å². The van der Waals surface area contributed by atoms with Crippen LogP contribution in [-0.4, -0.2) is 36.1 Å². The Hall–Kier alpha value is -0.590. The van der Waals surface area contributed by atoms with E-state index >= 15 is 0 Å². The summed E-state index contributed by atoms with van der Waals surface area (Å²) in [6, 6.07) is 0. The third-order valence-electron chi connectivity index (χ3n) is 1.13. The summed E-state index contributed by atoms with van der Waals surface area (Å²) in [4.78, 5) is 10.3. The largest absolute Gasteiger partial charge is 0.481 e. The summed E-state index contributed by atoms with van der Waals surface area (Å²) >= 11 is 0. The van der Waals surface area contributed by atoms with Crippen LogP contribution in [0.25, 0.3) is 0 Å². The lowest BCUT2D eigenvalue weighted by molar-refractivity contribution is -0.156. The molecule has 0 aromatic carbocycles. The Morgan fingerprint density at radius 3 is 2.25 bits per heavy atom. The molecular formula is C7H12F3O5P. The molecule has 0 spiro atoms. The molecule has 16 heavy (non-hydrogen) atoms. The molecule has 0 aliphatic carbocycles. The van der Waals surface area contributed by atoms with Crippen LogP contribution < -0.4 is 0 Å². The molecule has 0 bridgehead atoms. The van der Waals surface area contributed by atoms with Gasteiger partial charge in [-0.3, -0.25) is 13.9 Å². The molecule has 0 aliphatic rings. The number of carboxylic acid groups (broad SMARTS) is 1. The summed E-state index contributed by atoms with van der Waals surface area (Å²) in [6.45, 7) is 1.02. The monoisotopic (exact) mass is 264 g/mol. The predicted octanol–water partition coefficient (Wildman–Crippen LogP) is 2.27. The first-order valence-corrected chi connectivity index (χ1v) is 5.97. The van der Waals surface area contributed by atoms with Gasteiger partial charge in [-0.05, 0) is 13.8 Å². The van der Waals surface area contributed by atoms with Crippen molar-refractivity contribution in [1.29, 1.82) is 0 Å². The zero-order chi connectivity index (χ0) is 13.0. The number of carbonyl (C=O) groups is 1. The van der Waals surface area contributed by atoms with Crippen LogP contribution in [0.15, 0.2) is 0 Å². The van der Waals surface area contributed by atoms with E-state index in [0.29, 0.717) is 0 Å². The van der Waals surface area contributed by atoms with E-state index in [0.717, 1.165) is 0 Å². The molecule has 1 unspecified atom stereocenters. The Morgan fingerprint density at radius 1 is 1.44 bits per heavy atom. The zero-order valence-corrected chi connectivity index (χ0v) is 9.55. The van der Waals surface area contributed by atoms with Gasteiger partial charge in [0.15, 0.2) is 6.61 Å². The van der Waals surface area contributed by atoms with E-state index in [1.807, 2.05) is 0 Å². The maximum atomic E-state index is 11.8. The molecule has 0 aromatic rings. The highest BCUT2D eigenvalue weighted by Crippen LogP contribution is 2.49. The molecule has 1 N–H and O–H groups in total. The highest BCUT2D eigenvalue weighted by molar-refractivity contribution is 7.54. The summed E-state index contributed by atoms with van der Waals surface area (Å²) < 4.78 is 55.6. The number of halogens is 3. The van der Waals surface area contributed by atoms with Gasteiger partial charge in [0.25, 0.3) is 0 Å². The topological polar surface area (TPSA) is 72.8 Å². The molecular weight excluding hydrogens is 252 g/mol. The van der Waals surface area contributed by atoms with Crippen molar-refractivity contribution >= 4 is 13.6 Å². The molecule has 5 nitrogen and oxygen atoms in total. The van der Waals surface area contributed by atoms with Crippen molar-refractivity contribution in [1.82, 2.24) is 0 Å². The summed E-state index contributed by atoms with van der Waals surface area (Å²) in [5.41, 5.74) is 0. The molecule has 0 saturated heterocycles. The average Bonchev–Trinajstić information content (AvgIpc) is 1.96. The van der Waals surface area contributed by atoms with Crippen molar-refractivity contribution in [3.8, 4) is 0 Å². The SMILES string of the molecule is CC(C)OP(=O)(CC(=O)O)OCC(F)(F)F. The minimum absolute atomic E-state index is 0.696. The van der Waals surface area contributed by atoms with Crippen molar-refractivity contribution in [3.05, 3.63) is 0 Å². The van der Waals surface area contributed by atoms with E-state index in [1.54, 1.807) is 0 Å². The molecule has 0 radical (unpaired) electrons. The minimum Gasteiger partial charge on any atom is -0.481 e. The quantitative estimate of drug-likeness (QED) is 0.745. The number of alkyl halides is 3. The third kappa shape index (κ3) is 7.67. The van der Waals surface area contributed by atoms with Gasteiger partial charge in [-0.25, -0.2) is 0 Å². The number of hydrogen-bond acceptors (Lipinski definition) is 4. The third-order valence-corrected chi connectivity index (χ3v) is 3.05. The molecule has 0 heterocycles. The van der Waals surface area contributed by atoms with Crippen LogP contribution in [-0.2, 0) is 18.4 Å². The smallest absolute Gasteiger partial charge is 0.412 e. The lowest BCUT2D eigenvalue weighted by atomic mass is 10.5. The maximum Gasteiger partial charge on any atom is 0.412 e. The summed E-state index contributed by atoms with van der Waals surface area (Å²) in [5.74, 6) is -1.55. The fourth-order valence-corrected chi connectivity index (χ4v) is 2.32. The van der Waals surface area contributed by atoms with Gasteiger partial charge in [0.2, 0.25) is 0 Å². The van der Waals surface area contributed by atoms with Crippen LogP contribution >= 0.6 is 7.60 Å². The second kappa shape index (κ2) is 5.65. The fourth-order valence-electron chi connectivity index (χ4n) is 0.772. The van der Waals surface area contributed by atoms with Gasteiger partial charge in [0.1, 0.15) is 6.16 Å². The van der Waals surface area contributed by atoms with Crippen LogP contribution in [0.3, 0.4) is 0 Å². The molecule has 0 rings (SSSR count). The Morgan fingerprint density at radius 2 is 1.94 bits per heavy atom. The van der Waals surface area contributed by atoms with Crippen molar-refractivity contribution in [2.24, 2.45) is 0 Å². The molecule has 96 valence electrons. The van der Waals surface area contributed by atoms with E-state index in [9.17, 15) is 22.5 Å². The zero-order valence-electron chi connectivity index (χ0n) is 8.65. The Labute approximate surface area is 90.1 Å². The first kappa shape index (κ1) is 15.4. The number of rotatable bonds is 6. The second-order valence-corrected chi connectivity index (χ2v) is 5.21.